The largest absolute Gasteiger partial charge is 0.342 e. The maximum Gasteiger partial charge on any atom is 0.230 e. The van der Waals surface area contributed by atoms with Gasteiger partial charge < -0.3 is 10.2 Å². The van der Waals surface area contributed by atoms with Gasteiger partial charge in [0.15, 0.2) is 5.82 Å². The van der Waals surface area contributed by atoms with E-state index in [0.29, 0.717) is 17.4 Å². The lowest BCUT2D eigenvalue weighted by Gasteiger charge is -2.33. The molecule has 1 fully saturated rings. The molecule has 1 aliphatic heterocycles. The first-order valence-corrected chi connectivity index (χ1v) is 8.10. The molecule has 2 rings (SSSR count). The van der Waals surface area contributed by atoms with Crippen LogP contribution in [0.1, 0.15) is 33.1 Å². The van der Waals surface area contributed by atoms with Crippen molar-refractivity contribution in [3.63, 3.8) is 0 Å². The highest BCUT2D eigenvalue weighted by molar-refractivity contribution is 6.33. The van der Waals surface area contributed by atoms with E-state index < -0.39 is 0 Å². The summed E-state index contributed by atoms with van der Waals surface area (Å²) >= 11 is 6.00. The summed E-state index contributed by atoms with van der Waals surface area (Å²) in [6.45, 7) is 5.14. The van der Waals surface area contributed by atoms with Gasteiger partial charge in [-0.05, 0) is 31.4 Å². The van der Waals surface area contributed by atoms with Crippen molar-refractivity contribution >= 4 is 29.2 Å². The quantitative estimate of drug-likeness (QED) is 0.926. The summed E-state index contributed by atoms with van der Waals surface area (Å²) in [6, 6.07) is 3.40. The first-order chi connectivity index (χ1) is 10.5. The van der Waals surface area contributed by atoms with Crippen molar-refractivity contribution < 1.29 is 9.59 Å². The molecule has 5 nitrogen and oxygen atoms in total. The van der Waals surface area contributed by atoms with E-state index in [9.17, 15) is 9.59 Å². The van der Waals surface area contributed by atoms with Crippen LogP contribution in [0, 0.1) is 11.8 Å². The number of halogens is 1. The molecular formula is C16H22ClN3O2. The Morgan fingerprint density at radius 2 is 2.32 bits per heavy atom. The van der Waals surface area contributed by atoms with Crippen LogP contribution in [0.4, 0.5) is 5.82 Å². The van der Waals surface area contributed by atoms with Gasteiger partial charge in [-0.3, -0.25) is 9.59 Å². The molecule has 1 N–H and O–H groups in total. The van der Waals surface area contributed by atoms with Gasteiger partial charge in [-0.15, -0.1) is 0 Å². The first kappa shape index (κ1) is 16.7. The van der Waals surface area contributed by atoms with Crippen LogP contribution in [0.15, 0.2) is 18.3 Å². The van der Waals surface area contributed by atoms with Crippen LogP contribution in [0.2, 0.25) is 5.02 Å². The Morgan fingerprint density at radius 1 is 1.55 bits per heavy atom. The van der Waals surface area contributed by atoms with Gasteiger partial charge in [0.2, 0.25) is 11.8 Å². The van der Waals surface area contributed by atoms with Crippen LogP contribution < -0.4 is 5.32 Å². The van der Waals surface area contributed by atoms with E-state index in [1.807, 2.05) is 18.7 Å². The van der Waals surface area contributed by atoms with Crippen LogP contribution in [0.25, 0.3) is 0 Å². The van der Waals surface area contributed by atoms with Gasteiger partial charge in [-0.2, -0.15) is 0 Å². The molecule has 120 valence electrons. The predicted molar refractivity (Wildman–Crippen MR) is 86.6 cm³/mol. The number of nitrogens with one attached hydrogen (secondary N) is 1. The average molecular weight is 324 g/mol. The second kappa shape index (κ2) is 7.58. The third-order valence-corrected chi connectivity index (χ3v) is 4.44. The van der Waals surface area contributed by atoms with E-state index in [2.05, 4.69) is 10.3 Å². The third kappa shape index (κ3) is 3.97. The highest BCUT2D eigenvalue weighted by Crippen LogP contribution is 2.23. The van der Waals surface area contributed by atoms with Crippen molar-refractivity contribution in [2.24, 2.45) is 11.8 Å². The molecule has 2 heterocycles. The summed E-state index contributed by atoms with van der Waals surface area (Å²) in [5.41, 5.74) is 0. The maximum absolute atomic E-state index is 12.4. The third-order valence-electron chi connectivity index (χ3n) is 4.14. The molecule has 1 saturated heterocycles. The number of nitrogens with zero attached hydrogens (tertiary/aromatic N) is 2. The van der Waals surface area contributed by atoms with Gasteiger partial charge in [0.1, 0.15) is 0 Å². The number of rotatable bonds is 4. The van der Waals surface area contributed by atoms with Crippen LogP contribution in [-0.2, 0) is 9.59 Å². The Morgan fingerprint density at radius 3 is 3.00 bits per heavy atom. The molecule has 0 saturated carbocycles. The lowest BCUT2D eigenvalue weighted by atomic mass is 9.95. The Balaban J connectivity index is 1.98. The molecule has 1 aliphatic rings. The monoisotopic (exact) mass is 323 g/mol. The molecule has 0 unspecified atom stereocenters. The molecule has 0 aromatic carbocycles. The van der Waals surface area contributed by atoms with Crippen molar-refractivity contribution in [2.45, 2.75) is 33.1 Å². The minimum Gasteiger partial charge on any atom is -0.342 e. The zero-order chi connectivity index (χ0) is 16.1. The molecule has 0 bridgehead atoms. The predicted octanol–water partition coefficient (Wildman–Crippen LogP) is 2.96. The second-order valence-corrected chi connectivity index (χ2v) is 6.16. The summed E-state index contributed by atoms with van der Waals surface area (Å²) in [6.07, 6.45) is 4.02. The van der Waals surface area contributed by atoms with Crippen molar-refractivity contribution in [1.82, 2.24) is 9.88 Å². The Kier molecular flexibility index (Phi) is 5.77. The van der Waals surface area contributed by atoms with Crippen LogP contribution in [-0.4, -0.2) is 34.8 Å². The molecule has 1 aromatic rings. The van der Waals surface area contributed by atoms with E-state index >= 15 is 0 Å². The summed E-state index contributed by atoms with van der Waals surface area (Å²) in [7, 11) is 0. The lowest BCUT2D eigenvalue weighted by Crippen LogP contribution is -2.45. The van der Waals surface area contributed by atoms with Crippen molar-refractivity contribution in [2.75, 3.05) is 18.4 Å². The Labute approximate surface area is 136 Å². The topological polar surface area (TPSA) is 62.3 Å². The summed E-state index contributed by atoms with van der Waals surface area (Å²) in [4.78, 5) is 30.5. The summed E-state index contributed by atoms with van der Waals surface area (Å²) in [5, 5.41) is 3.18. The van der Waals surface area contributed by atoms with Crippen molar-refractivity contribution in [3.05, 3.63) is 23.4 Å². The van der Waals surface area contributed by atoms with Gasteiger partial charge in [0, 0.05) is 25.2 Å². The van der Waals surface area contributed by atoms with E-state index in [1.165, 1.54) is 0 Å². The molecule has 0 radical (unpaired) electrons. The first-order valence-electron chi connectivity index (χ1n) is 7.73. The minimum atomic E-state index is -0.208. The van der Waals surface area contributed by atoms with E-state index in [-0.39, 0.29) is 23.7 Å². The summed E-state index contributed by atoms with van der Waals surface area (Å²) < 4.78 is 0. The lowest BCUT2D eigenvalue weighted by molar-refractivity contribution is -0.138. The smallest absolute Gasteiger partial charge is 0.230 e. The normalized spacial score (nSPS) is 19.6. The van der Waals surface area contributed by atoms with Crippen LogP contribution >= 0.6 is 11.6 Å². The Hall–Kier alpha value is -1.62. The fourth-order valence-electron chi connectivity index (χ4n) is 2.57. The van der Waals surface area contributed by atoms with E-state index in [4.69, 9.17) is 11.6 Å². The fourth-order valence-corrected chi connectivity index (χ4v) is 2.74. The maximum atomic E-state index is 12.4. The average Bonchev–Trinajstić information content (AvgIpc) is 2.55. The molecule has 1 aromatic heterocycles. The van der Waals surface area contributed by atoms with Crippen molar-refractivity contribution in [1.29, 1.82) is 0 Å². The molecule has 2 atom stereocenters. The number of hydrogen-bond donors (Lipinski definition) is 1. The number of anilines is 1. The van der Waals surface area contributed by atoms with Crippen LogP contribution in [0.3, 0.4) is 0 Å². The van der Waals surface area contributed by atoms with Gasteiger partial charge in [0.25, 0.3) is 0 Å². The van der Waals surface area contributed by atoms with E-state index in [1.54, 1.807) is 18.3 Å². The second-order valence-electron chi connectivity index (χ2n) is 5.76. The number of pyridine rings is 1. The number of amides is 2. The molecular weight excluding hydrogens is 302 g/mol. The summed E-state index contributed by atoms with van der Waals surface area (Å²) in [5.74, 6) is 0.185. The van der Waals surface area contributed by atoms with E-state index in [0.717, 1.165) is 25.8 Å². The number of likely N-dealkylation sites (tertiary alicyclic amines) is 1. The van der Waals surface area contributed by atoms with Gasteiger partial charge >= 0.3 is 0 Å². The molecule has 2 amide bonds. The SMILES string of the molecule is CC[C@H](C)C(=O)N1CCC[C@H](C(=O)Nc2ncccc2Cl)C1. The van der Waals surface area contributed by atoms with Gasteiger partial charge in [-0.1, -0.05) is 25.4 Å². The number of carbonyl (C=O) groups excluding carboxylic acids is 2. The number of aromatic nitrogens is 1. The highest BCUT2D eigenvalue weighted by atomic mass is 35.5. The van der Waals surface area contributed by atoms with Gasteiger partial charge in [-0.25, -0.2) is 4.98 Å². The molecule has 6 heteroatoms. The fraction of sp³-hybridized carbons (Fsp3) is 0.562. The molecule has 0 aliphatic carbocycles. The standard InChI is InChI=1S/C16H22ClN3O2/c1-3-11(2)16(22)20-9-5-6-12(10-20)15(21)19-14-13(17)7-4-8-18-14/h4,7-8,11-12H,3,5-6,9-10H2,1-2H3,(H,18,19,21)/t11-,12-/m0/s1. The zero-order valence-corrected chi connectivity index (χ0v) is 13.8. The number of piperidine rings is 1. The van der Waals surface area contributed by atoms with Gasteiger partial charge in [0.05, 0.1) is 10.9 Å². The zero-order valence-electron chi connectivity index (χ0n) is 13.0. The van der Waals surface area contributed by atoms with Crippen molar-refractivity contribution in [3.8, 4) is 0 Å². The molecule has 22 heavy (non-hydrogen) atoms. The number of carbonyl (C=O) groups is 2. The highest BCUT2D eigenvalue weighted by Gasteiger charge is 2.30. The Bertz CT molecular complexity index is 550. The number of hydrogen-bond acceptors (Lipinski definition) is 3. The molecule has 0 spiro atoms. The van der Waals surface area contributed by atoms with Crippen LogP contribution in [0.5, 0.6) is 0 Å². The minimum absolute atomic E-state index is 0.00652.